The van der Waals surface area contributed by atoms with Crippen LogP contribution in [-0.2, 0) is 11.3 Å². The number of carbonyl (C=O) groups is 1. The molecule has 4 heteroatoms. The summed E-state index contributed by atoms with van der Waals surface area (Å²) >= 11 is 0. The summed E-state index contributed by atoms with van der Waals surface area (Å²) in [6, 6.07) is 10.3. The number of carbonyl (C=O) groups excluding carboxylic acids is 1. The number of rotatable bonds is 5. The van der Waals surface area contributed by atoms with Crippen molar-refractivity contribution in [3.63, 3.8) is 0 Å². The van der Waals surface area contributed by atoms with Crippen molar-refractivity contribution in [3.05, 3.63) is 35.9 Å². The van der Waals surface area contributed by atoms with Crippen LogP contribution in [0, 0.1) is 11.8 Å². The van der Waals surface area contributed by atoms with Gasteiger partial charge < -0.3 is 14.7 Å². The highest BCUT2D eigenvalue weighted by molar-refractivity contribution is 5.78. The molecule has 1 aromatic rings. The molecule has 0 N–H and O–H groups in total. The molecule has 132 valence electrons. The standard InChI is InChI=1S/C20H31N3O/c1-21-11-8-18(14-21)16-23-12-9-19(10-13-23)20(24)22(2)15-17-6-4-3-5-7-17/h3-7,18-19H,8-16H2,1-2H3. The molecular weight excluding hydrogens is 298 g/mol. The highest BCUT2D eigenvalue weighted by Crippen LogP contribution is 2.23. The van der Waals surface area contributed by atoms with E-state index in [1.807, 2.05) is 30.1 Å². The van der Waals surface area contributed by atoms with Gasteiger partial charge in [0.1, 0.15) is 0 Å². The Hall–Kier alpha value is -1.39. The fraction of sp³-hybridized carbons (Fsp3) is 0.650. The van der Waals surface area contributed by atoms with Crippen LogP contribution in [0.15, 0.2) is 30.3 Å². The van der Waals surface area contributed by atoms with Gasteiger partial charge in [0.25, 0.3) is 0 Å². The van der Waals surface area contributed by atoms with Crippen LogP contribution in [0.3, 0.4) is 0 Å². The van der Waals surface area contributed by atoms with E-state index in [4.69, 9.17) is 0 Å². The summed E-state index contributed by atoms with van der Waals surface area (Å²) in [4.78, 5) is 19.6. The molecule has 2 aliphatic rings. The summed E-state index contributed by atoms with van der Waals surface area (Å²) in [5.74, 6) is 1.35. The molecule has 1 aromatic carbocycles. The SMILES string of the molecule is CN1CCC(CN2CCC(C(=O)N(C)Cc3ccccc3)CC2)C1. The van der Waals surface area contributed by atoms with Gasteiger partial charge >= 0.3 is 0 Å². The van der Waals surface area contributed by atoms with E-state index in [1.54, 1.807) is 0 Å². The minimum Gasteiger partial charge on any atom is -0.341 e. The Labute approximate surface area is 146 Å². The quantitative estimate of drug-likeness (QED) is 0.829. The van der Waals surface area contributed by atoms with Crippen LogP contribution in [0.4, 0.5) is 0 Å². The second kappa shape index (κ2) is 8.13. The van der Waals surface area contributed by atoms with Crippen molar-refractivity contribution in [1.82, 2.24) is 14.7 Å². The van der Waals surface area contributed by atoms with E-state index in [1.165, 1.54) is 31.6 Å². The van der Waals surface area contributed by atoms with Gasteiger partial charge in [0.05, 0.1) is 0 Å². The third kappa shape index (κ3) is 4.58. The predicted octanol–water partition coefficient (Wildman–Crippen LogP) is 2.31. The van der Waals surface area contributed by atoms with Gasteiger partial charge in [0.15, 0.2) is 0 Å². The lowest BCUT2D eigenvalue weighted by Crippen LogP contribution is -2.42. The first kappa shape index (κ1) is 17.4. The minimum atomic E-state index is 0.209. The van der Waals surface area contributed by atoms with Crippen LogP contribution in [0.2, 0.25) is 0 Å². The predicted molar refractivity (Wildman–Crippen MR) is 97.7 cm³/mol. The summed E-state index contributed by atoms with van der Waals surface area (Å²) < 4.78 is 0. The van der Waals surface area contributed by atoms with Gasteiger partial charge in [0.2, 0.25) is 5.91 Å². The number of hydrogen-bond donors (Lipinski definition) is 0. The zero-order chi connectivity index (χ0) is 16.9. The van der Waals surface area contributed by atoms with E-state index >= 15 is 0 Å². The van der Waals surface area contributed by atoms with E-state index in [-0.39, 0.29) is 5.92 Å². The largest absolute Gasteiger partial charge is 0.341 e. The van der Waals surface area contributed by atoms with Crippen LogP contribution < -0.4 is 0 Å². The molecule has 0 bridgehead atoms. The van der Waals surface area contributed by atoms with Crippen molar-refractivity contribution in [1.29, 1.82) is 0 Å². The molecule has 0 aromatic heterocycles. The summed E-state index contributed by atoms with van der Waals surface area (Å²) in [6.07, 6.45) is 3.36. The Balaban J connectivity index is 1.43. The normalized spacial score (nSPS) is 23.5. The summed E-state index contributed by atoms with van der Waals surface area (Å²) in [5.41, 5.74) is 1.20. The molecule has 3 rings (SSSR count). The second-order valence-corrected chi connectivity index (χ2v) is 7.67. The topological polar surface area (TPSA) is 26.8 Å². The van der Waals surface area contributed by atoms with Gasteiger partial charge in [-0.25, -0.2) is 0 Å². The van der Waals surface area contributed by atoms with Crippen molar-refractivity contribution in [2.24, 2.45) is 11.8 Å². The number of benzene rings is 1. The van der Waals surface area contributed by atoms with Crippen molar-refractivity contribution < 1.29 is 4.79 Å². The molecule has 0 spiro atoms. The number of nitrogens with zero attached hydrogens (tertiary/aromatic N) is 3. The summed E-state index contributed by atoms with van der Waals surface area (Å²) in [5, 5.41) is 0. The number of piperidine rings is 1. The van der Waals surface area contributed by atoms with E-state index < -0.39 is 0 Å². The van der Waals surface area contributed by atoms with Gasteiger partial charge in [-0.05, 0) is 57.4 Å². The third-order valence-corrected chi connectivity index (χ3v) is 5.58. The summed E-state index contributed by atoms with van der Waals surface area (Å²) in [7, 11) is 4.16. The maximum absolute atomic E-state index is 12.7. The maximum Gasteiger partial charge on any atom is 0.225 e. The van der Waals surface area contributed by atoms with E-state index in [0.29, 0.717) is 12.5 Å². The molecule has 0 radical (unpaired) electrons. The van der Waals surface area contributed by atoms with Crippen LogP contribution in [-0.4, -0.2) is 67.4 Å². The third-order valence-electron chi connectivity index (χ3n) is 5.58. The highest BCUT2D eigenvalue weighted by Gasteiger charge is 2.29. The van der Waals surface area contributed by atoms with Crippen LogP contribution in [0.25, 0.3) is 0 Å². The summed E-state index contributed by atoms with van der Waals surface area (Å²) in [6.45, 7) is 6.56. The molecule has 1 atom stereocenters. The lowest BCUT2D eigenvalue weighted by atomic mass is 9.94. The van der Waals surface area contributed by atoms with Gasteiger partial charge in [-0.3, -0.25) is 4.79 Å². The molecule has 2 aliphatic heterocycles. The molecule has 1 amide bonds. The van der Waals surface area contributed by atoms with Gasteiger partial charge in [-0.15, -0.1) is 0 Å². The lowest BCUT2D eigenvalue weighted by molar-refractivity contribution is -0.136. The van der Waals surface area contributed by atoms with E-state index in [0.717, 1.165) is 31.8 Å². The van der Waals surface area contributed by atoms with Gasteiger partial charge in [-0.1, -0.05) is 30.3 Å². The lowest BCUT2D eigenvalue weighted by Gasteiger charge is -2.34. The smallest absolute Gasteiger partial charge is 0.225 e. The first-order chi connectivity index (χ1) is 11.6. The molecule has 2 saturated heterocycles. The van der Waals surface area contributed by atoms with Crippen molar-refractivity contribution in [2.45, 2.75) is 25.8 Å². The molecule has 2 heterocycles. The molecule has 0 saturated carbocycles. The van der Waals surface area contributed by atoms with Crippen LogP contribution >= 0.6 is 0 Å². The monoisotopic (exact) mass is 329 g/mol. The average Bonchev–Trinajstić information content (AvgIpc) is 3.00. The van der Waals surface area contributed by atoms with Gasteiger partial charge in [0, 0.05) is 32.6 Å². The Morgan fingerprint density at radius 1 is 1.12 bits per heavy atom. The number of likely N-dealkylation sites (tertiary alicyclic amines) is 2. The fourth-order valence-corrected chi connectivity index (χ4v) is 4.15. The molecule has 0 aliphatic carbocycles. The molecule has 1 unspecified atom stereocenters. The van der Waals surface area contributed by atoms with Crippen LogP contribution in [0.5, 0.6) is 0 Å². The van der Waals surface area contributed by atoms with Gasteiger partial charge in [-0.2, -0.15) is 0 Å². The zero-order valence-electron chi connectivity index (χ0n) is 15.2. The van der Waals surface area contributed by atoms with Crippen LogP contribution in [0.1, 0.15) is 24.8 Å². The molecule has 24 heavy (non-hydrogen) atoms. The minimum absolute atomic E-state index is 0.209. The molecular formula is C20H31N3O. The Morgan fingerprint density at radius 3 is 2.46 bits per heavy atom. The molecule has 4 nitrogen and oxygen atoms in total. The molecule has 2 fully saturated rings. The average molecular weight is 329 g/mol. The number of hydrogen-bond acceptors (Lipinski definition) is 3. The second-order valence-electron chi connectivity index (χ2n) is 7.67. The number of amides is 1. The zero-order valence-corrected chi connectivity index (χ0v) is 15.2. The van der Waals surface area contributed by atoms with E-state index in [2.05, 4.69) is 29.0 Å². The maximum atomic E-state index is 12.7. The van der Waals surface area contributed by atoms with Crippen molar-refractivity contribution in [2.75, 3.05) is 46.8 Å². The van der Waals surface area contributed by atoms with Crippen molar-refractivity contribution >= 4 is 5.91 Å². The Morgan fingerprint density at radius 2 is 1.83 bits per heavy atom. The highest BCUT2D eigenvalue weighted by atomic mass is 16.2. The Kier molecular flexibility index (Phi) is 5.90. The van der Waals surface area contributed by atoms with Crippen molar-refractivity contribution in [3.8, 4) is 0 Å². The fourth-order valence-electron chi connectivity index (χ4n) is 4.15. The first-order valence-corrected chi connectivity index (χ1v) is 9.31. The first-order valence-electron chi connectivity index (χ1n) is 9.31. The van der Waals surface area contributed by atoms with E-state index in [9.17, 15) is 4.79 Å². The Bertz CT molecular complexity index is 525.